The molecule has 7 nitrogen and oxygen atoms in total. The predicted octanol–water partition coefficient (Wildman–Crippen LogP) is 5.05. The number of halogens is 1. The van der Waals surface area contributed by atoms with Crippen LogP contribution in [0.4, 0.5) is 17.3 Å². The lowest BCUT2D eigenvalue weighted by molar-refractivity contribution is -0.138. The van der Waals surface area contributed by atoms with E-state index in [0.29, 0.717) is 40.0 Å². The zero-order chi connectivity index (χ0) is 23.5. The number of rotatable bonds is 6. The number of allylic oxidation sites excluding steroid dienone is 1. The molecule has 2 aromatic carbocycles. The molecular formula is C25H25ClN4O3. The summed E-state index contributed by atoms with van der Waals surface area (Å²) >= 11 is 6.03. The number of ether oxygens (including phenoxy) is 1. The fourth-order valence-electron chi connectivity index (χ4n) is 4.10. The van der Waals surface area contributed by atoms with Crippen molar-refractivity contribution in [2.45, 2.75) is 33.2 Å². The Balaban J connectivity index is 1.98. The number of anilines is 3. The Kier molecular flexibility index (Phi) is 6.51. The highest BCUT2D eigenvalue weighted by molar-refractivity contribution is 6.30. The maximum atomic E-state index is 13.1. The van der Waals surface area contributed by atoms with E-state index in [4.69, 9.17) is 16.3 Å². The second kappa shape index (κ2) is 9.50. The van der Waals surface area contributed by atoms with Crippen molar-refractivity contribution in [1.82, 2.24) is 9.55 Å². The predicted molar refractivity (Wildman–Crippen MR) is 130 cm³/mol. The third-order valence-electron chi connectivity index (χ3n) is 5.56. The van der Waals surface area contributed by atoms with Crippen molar-refractivity contribution in [2.75, 3.05) is 17.2 Å². The van der Waals surface area contributed by atoms with E-state index in [1.165, 1.54) is 0 Å². The summed E-state index contributed by atoms with van der Waals surface area (Å²) in [6.45, 7) is 6.16. The average Bonchev–Trinajstić information content (AvgIpc) is 2.80. The third kappa shape index (κ3) is 4.36. The topological polar surface area (TPSA) is 85.2 Å². The van der Waals surface area contributed by atoms with Crippen LogP contribution in [-0.2, 0) is 16.1 Å². The van der Waals surface area contributed by atoms with Gasteiger partial charge in [-0.15, -0.1) is 0 Å². The molecule has 3 aromatic rings. The van der Waals surface area contributed by atoms with Crippen LogP contribution in [-0.4, -0.2) is 22.1 Å². The molecule has 1 aliphatic rings. The van der Waals surface area contributed by atoms with Gasteiger partial charge in [0.15, 0.2) is 0 Å². The molecule has 2 heterocycles. The Morgan fingerprint density at radius 3 is 2.48 bits per heavy atom. The number of aromatic nitrogens is 2. The monoisotopic (exact) mass is 464 g/mol. The van der Waals surface area contributed by atoms with E-state index in [2.05, 4.69) is 15.6 Å². The second-order valence-corrected chi connectivity index (χ2v) is 8.05. The molecule has 0 saturated heterocycles. The van der Waals surface area contributed by atoms with Gasteiger partial charge in [0, 0.05) is 28.5 Å². The van der Waals surface area contributed by atoms with Gasteiger partial charge in [0.25, 0.3) is 0 Å². The number of fused-ring (bicyclic) bond motifs is 1. The molecule has 1 unspecified atom stereocenters. The summed E-state index contributed by atoms with van der Waals surface area (Å²) in [4.78, 5) is 30.3. The van der Waals surface area contributed by atoms with Crippen LogP contribution in [0.1, 0.15) is 37.8 Å². The molecule has 2 N–H and O–H groups in total. The number of carbonyl (C=O) groups is 1. The number of carbonyl (C=O) groups excluding carboxylic acids is 1. The number of nitrogens with one attached hydrogen (secondary N) is 2. The highest BCUT2D eigenvalue weighted by Gasteiger charge is 2.37. The molecule has 0 fully saturated rings. The summed E-state index contributed by atoms with van der Waals surface area (Å²) in [7, 11) is 0. The van der Waals surface area contributed by atoms with Crippen LogP contribution in [0.3, 0.4) is 0 Å². The summed E-state index contributed by atoms with van der Waals surface area (Å²) in [6.07, 6.45) is 0. The van der Waals surface area contributed by atoms with E-state index in [1.54, 1.807) is 23.6 Å². The molecule has 0 bridgehead atoms. The van der Waals surface area contributed by atoms with Gasteiger partial charge in [0.2, 0.25) is 0 Å². The number of nitrogens with zero attached hydrogens (tertiary/aromatic N) is 2. The van der Waals surface area contributed by atoms with Crippen LogP contribution in [0.25, 0.3) is 0 Å². The van der Waals surface area contributed by atoms with Crippen LogP contribution >= 0.6 is 11.6 Å². The third-order valence-corrected chi connectivity index (χ3v) is 5.81. The summed E-state index contributed by atoms with van der Waals surface area (Å²) in [5.74, 6) is 0.0851. The van der Waals surface area contributed by atoms with Crippen LogP contribution in [0, 0.1) is 0 Å². The van der Waals surface area contributed by atoms with E-state index in [-0.39, 0.29) is 12.3 Å². The first-order valence-corrected chi connectivity index (χ1v) is 11.2. The van der Waals surface area contributed by atoms with E-state index in [1.807, 2.05) is 56.3 Å². The molecule has 170 valence electrons. The van der Waals surface area contributed by atoms with E-state index in [9.17, 15) is 9.59 Å². The summed E-state index contributed by atoms with van der Waals surface area (Å²) in [5.41, 5.74) is 3.05. The fraction of sp³-hybridized carbons (Fsp3) is 0.240. The Hall–Kier alpha value is -3.58. The highest BCUT2D eigenvalue weighted by atomic mass is 35.5. The van der Waals surface area contributed by atoms with E-state index < -0.39 is 11.9 Å². The van der Waals surface area contributed by atoms with Gasteiger partial charge in [0.1, 0.15) is 11.6 Å². The van der Waals surface area contributed by atoms with Gasteiger partial charge in [-0.05, 0) is 50.6 Å². The van der Waals surface area contributed by atoms with Crippen molar-refractivity contribution in [1.29, 1.82) is 0 Å². The van der Waals surface area contributed by atoms with Gasteiger partial charge >= 0.3 is 11.7 Å². The first-order valence-electron chi connectivity index (χ1n) is 10.8. The standard InChI is InChI=1S/C25H25ClN4O3/c1-4-30-23-21(22(29-25(30)32)28-18-13-11-17(26)12-14-18)20(16-9-7-6-8-10-16)19(15(3)27-23)24(31)33-5-2/h6-14,20,27H,4-5H2,1-3H3,(H,28,29,32). The zero-order valence-corrected chi connectivity index (χ0v) is 19.4. The largest absolute Gasteiger partial charge is 0.463 e. The van der Waals surface area contributed by atoms with Gasteiger partial charge in [-0.3, -0.25) is 4.57 Å². The van der Waals surface area contributed by atoms with Crippen molar-refractivity contribution < 1.29 is 9.53 Å². The smallest absolute Gasteiger partial charge is 0.351 e. The first-order chi connectivity index (χ1) is 15.9. The summed E-state index contributed by atoms with van der Waals surface area (Å²) in [6, 6.07) is 16.8. The molecule has 0 aliphatic carbocycles. The quantitative estimate of drug-likeness (QED) is 0.496. The Labute approximate surface area is 197 Å². The van der Waals surface area contributed by atoms with Crippen molar-refractivity contribution in [3.05, 3.63) is 92.5 Å². The Morgan fingerprint density at radius 2 is 1.85 bits per heavy atom. The molecule has 1 aliphatic heterocycles. The molecule has 33 heavy (non-hydrogen) atoms. The minimum atomic E-state index is -0.484. The van der Waals surface area contributed by atoms with Crippen molar-refractivity contribution in [3.63, 3.8) is 0 Å². The number of esters is 1. The Bertz CT molecular complexity index is 1270. The second-order valence-electron chi connectivity index (χ2n) is 7.61. The van der Waals surface area contributed by atoms with E-state index >= 15 is 0 Å². The molecule has 1 atom stereocenters. The van der Waals surface area contributed by atoms with Gasteiger partial charge < -0.3 is 15.4 Å². The maximum Gasteiger partial charge on any atom is 0.351 e. The molecule has 0 amide bonds. The van der Waals surface area contributed by atoms with Crippen LogP contribution in [0.15, 0.2) is 70.7 Å². The fourth-order valence-corrected chi connectivity index (χ4v) is 4.23. The van der Waals surface area contributed by atoms with Crippen LogP contribution in [0.2, 0.25) is 5.02 Å². The lowest BCUT2D eigenvalue weighted by Gasteiger charge is -2.32. The maximum absolute atomic E-state index is 13.1. The van der Waals surface area contributed by atoms with Gasteiger partial charge in [-0.25, -0.2) is 9.59 Å². The molecule has 4 rings (SSSR count). The minimum Gasteiger partial charge on any atom is -0.463 e. The zero-order valence-electron chi connectivity index (χ0n) is 18.7. The van der Waals surface area contributed by atoms with Crippen molar-refractivity contribution in [3.8, 4) is 0 Å². The summed E-state index contributed by atoms with van der Waals surface area (Å²) in [5, 5.41) is 7.15. The minimum absolute atomic E-state index is 0.257. The van der Waals surface area contributed by atoms with Crippen molar-refractivity contribution in [2.24, 2.45) is 0 Å². The SMILES string of the molecule is CCOC(=O)C1=C(C)Nc2c(c(Nc3ccc(Cl)cc3)nc(=O)n2CC)C1c1ccccc1. The lowest BCUT2D eigenvalue weighted by atomic mass is 9.81. The molecular weight excluding hydrogens is 440 g/mol. The summed E-state index contributed by atoms with van der Waals surface area (Å²) < 4.78 is 6.98. The average molecular weight is 465 g/mol. The normalized spacial score (nSPS) is 15.0. The van der Waals surface area contributed by atoms with Crippen LogP contribution < -0.4 is 16.3 Å². The molecule has 0 radical (unpaired) electrons. The highest BCUT2D eigenvalue weighted by Crippen LogP contribution is 2.45. The Morgan fingerprint density at radius 1 is 1.15 bits per heavy atom. The molecule has 1 aromatic heterocycles. The molecule has 0 saturated carbocycles. The van der Waals surface area contributed by atoms with Gasteiger partial charge in [-0.1, -0.05) is 41.9 Å². The number of benzene rings is 2. The van der Waals surface area contributed by atoms with Gasteiger partial charge in [-0.2, -0.15) is 4.98 Å². The number of hydrogen-bond donors (Lipinski definition) is 2. The molecule has 8 heteroatoms. The van der Waals surface area contributed by atoms with Crippen LogP contribution in [0.5, 0.6) is 0 Å². The molecule has 0 spiro atoms. The number of hydrogen-bond acceptors (Lipinski definition) is 6. The van der Waals surface area contributed by atoms with E-state index in [0.717, 1.165) is 11.3 Å². The van der Waals surface area contributed by atoms with Crippen molar-refractivity contribution >= 4 is 34.9 Å². The van der Waals surface area contributed by atoms with Gasteiger partial charge in [0.05, 0.1) is 18.1 Å². The lowest BCUT2D eigenvalue weighted by Crippen LogP contribution is -2.33. The first kappa shape index (κ1) is 22.6.